The van der Waals surface area contributed by atoms with Crippen molar-refractivity contribution in [2.45, 2.75) is 11.4 Å². The van der Waals surface area contributed by atoms with E-state index in [0.29, 0.717) is 28.3 Å². The van der Waals surface area contributed by atoms with Crippen molar-refractivity contribution in [3.63, 3.8) is 0 Å². The number of benzene rings is 1. The second kappa shape index (κ2) is 7.61. The van der Waals surface area contributed by atoms with Gasteiger partial charge in [-0.1, -0.05) is 23.9 Å². The zero-order valence-corrected chi connectivity index (χ0v) is 14.1. The fraction of sp³-hybridized carbons (Fsp3) is 0.200. The number of fused-ring (bicyclic) bond motifs is 1. The van der Waals surface area contributed by atoms with Gasteiger partial charge in [-0.25, -0.2) is 9.97 Å². The summed E-state index contributed by atoms with van der Waals surface area (Å²) < 4.78 is 0. The highest BCUT2D eigenvalue weighted by atomic mass is 35.5. The molecule has 124 valence electrons. The molecule has 0 atom stereocenters. The number of nitrogens with zero attached hydrogens (tertiary/aromatic N) is 3. The lowest BCUT2D eigenvalue weighted by Crippen LogP contribution is -2.14. The number of carbonyl (C=O) groups is 1. The molecule has 0 saturated heterocycles. The van der Waals surface area contributed by atoms with Crippen molar-refractivity contribution in [3.05, 3.63) is 41.4 Å². The molecule has 0 saturated carbocycles. The Bertz CT molecular complexity index is 853. The first kappa shape index (κ1) is 16.7. The summed E-state index contributed by atoms with van der Waals surface area (Å²) in [6, 6.07) is 7.36. The summed E-state index contributed by atoms with van der Waals surface area (Å²) in [7, 11) is 0. The summed E-state index contributed by atoms with van der Waals surface area (Å²) in [5.74, 6) is 0.0251. The van der Waals surface area contributed by atoms with E-state index in [4.69, 9.17) is 16.7 Å². The minimum Gasteiger partial charge on any atom is -0.396 e. The third kappa shape index (κ3) is 4.02. The molecule has 0 spiro atoms. The van der Waals surface area contributed by atoms with Gasteiger partial charge in [0.2, 0.25) is 11.2 Å². The van der Waals surface area contributed by atoms with Gasteiger partial charge in [0.05, 0.1) is 12.1 Å². The summed E-state index contributed by atoms with van der Waals surface area (Å²) in [5.41, 5.74) is 2.85. The van der Waals surface area contributed by atoms with Gasteiger partial charge in [-0.3, -0.25) is 4.79 Å². The minimum atomic E-state index is -0.155. The van der Waals surface area contributed by atoms with Crippen LogP contribution < -0.4 is 5.32 Å². The molecule has 1 aromatic carbocycles. The molecule has 9 heteroatoms. The monoisotopic (exact) mass is 363 g/mol. The van der Waals surface area contributed by atoms with Crippen LogP contribution in [0.1, 0.15) is 5.56 Å². The molecule has 2 aromatic heterocycles. The molecule has 0 aliphatic carbocycles. The first-order chi connectivity index (χ1) is 11.7. The molecule has 3 rings (SSSR count). The molecule has 0 fully saturated rings. The number of aliphatic hydroxyl groups is 1. The van der Waals surface area contributed by atoms with Gasteiger partial charge in [-0.05, 0) is 35.7 Å². The lowest BCUT2D eigenvalue weighted by molar-refractivity contribution is -0.113. The molecule has 7 nitrogen and oxygen atoms in total. The van der Waals surface area contributed by atoms with Gasteiger partial charge in [-0.15, -0.1) is 0 Å². The van der Waals surface area contributed by atoms with Crippen LogP contribution in [-0.4, -0.2) is 43.3 Å². The van der Waals surface area contributed by atoms with Crippen LogP contribution in [-0.2, 0) is 11.2 Å². The minimum absolute atomic E-state index is 0.0944. The molecule has 0 unspecified atom stereocenters. The Morgan fingerprint density at radius 2 is 2.08 bits per heavy atom. The maximum absolute atomic E-state index is 12.1. The number of aliphatic hydroxyl groups excluding tert-OH is 1. The van der Waals surface area contributed by atoms with Crippen LogP contribution in [0.25, 0.3) is 11.2 Å². The van der Waals surface area contributed by atoms with Crippen molar-refractivity contribution in [3.8, 4) is 0 Å². The molecule has 0 radical (unpaired) electrons. The van der Waals surface area contributed by atoms with Gasteiger partial charge in [0.25, 0.3) is 0 Å². The number of thioether (sulfide) groups is 1. The zero-order chi connectivity index (χ0) is 16.9. The molecule has 0 aliphatic heterocycles. The van der Waals surface area contributed by atoms with Gasteiger partial charge < -0.3 is 15.4 Å². The fourth-order valence-electron chi connectivity index (χ4n) is 2.10. The van der Waals surface area contributed by atoms with E-state index in [9.17, 15) is 4.79 Å². The number of amides is 1. The molecule has 0 aliphatic rings. The van der Waals surface area contributed by atoms with Crippen LogP contribution in [0, 0.1) is 0 Å². The number of rotatable bonds is 6. The number of aromatic amines is 1. The Morgan fingerprint density at radius 1 is 1.29 bits per heavy atom. The molecule has 1 amide bonds. The Balaban J connectivity index is 1.61. The largest absolute Gasteiger partial charge is 0.396 e. The Kier molecular flexibility index (Phi) is 5.29. The Morgan fingerprint density at radius 3 is 2.83 bits per heavy atom. The van der Waals surface area contributed by atoms with Crippen LogP contribution >= 0.6 is 23.4 Å². The highest BCUT2D eigenvalue weighted by Gasteiger charge is 2.12. The van der Waals surface area contributed by atoms with Gasteiger partial charge in [0.15, 0.2) is 5.65 Å². The number of carbonyl (C=O) groups excluding carboxylic acids is 1. The number of nitrogens with one attached hydrogen (secondary N) is 2. The summed E-state index contributed by atoms with van der Waals surface area (Å²) in [4.78, 5) is 27.2. The highest BCUT2D eigenvalue weighted by Crippen LogP contribution is 2.24. The van der Waals surface area contributed by atoms with Crippen molar-refractivity contribution in [2.24, 2.45) is 0 Å². The zero-order valence-electron chi connectivity index (χ0n) is 12.5. The van der Waals surface area contributed by atoms with Gasteiger partial charge in [0, 0.05) is 12.3 Å². The van der Waals surface area contributed by atoms with Crippen molar-refractivity contribution < 1.29 is 9.90 Å². The number of hydrogen-bond acceptors (Lipinski definition) is 6. The van der Waals surface area contributed by atoms with Crippen molar-refractivity contribution in [1.82, 2.24) is 19.9 Å². The van der Waals surface area contributed by atoms with Crippen LogP contribution in [0.2, 0.25) is 5.28 Å². The fourth-order valence-corrected chi connectivity index (χ4v) is 3.10. The second-order valence-electron chi connectivity index (χ2n) is 4.91. The quantitative estimate of drug-likeness (QED) is 0.352. The maximum atomic E-state index is 12.1. The van der Waals surface area contributed by atoms with E-state index >= 15 is 0 Å². The standard InChI is InChI=1S/C15H14ClN5O2S/c16-15-20-13-12(17-8-18-13)14(21-15)24-7-11(23)19-10-3-1-9(2-4-10)5-6-22/h1-4,8,22H,5-7H2,(H,19,23)(H,17,18,20,21). The molecule has 2 heterocycles. The number of halogens is 1. The van der Waals surface area contributed by atoms with Crippen LogP contribution in [0.5, 0.6) is 0 Å². The van der Waals surface area contributed by atoms with Gasteiger partial charge in [-0.2, -0.15) is 4.98 Å². The topological polar surface area (TPSA) is 104 Å². The lowest BCUT2D eigenvalue weighted by Gasteiger charge is -2.06. The number of anilines is 1. The average molecular weight is 364 g/mol. The number of hydrogen-bond donors (Lipinski definition) is 3. The molecular weight excluding hydrogens is 350 g/mol. The van der Waals surface area contributed by atoms with Crippen LogP contribution in [0.15, 0.2) is 35.6 Å². The number of H-pyrrole nitrogens is 1. The molecule has 24 heavy (non-hydrogen) atoms. The predicted molar refractivity (Wildman–Crippen MR) is 93.3 cm³/mol. The van der Waals surface area contributed by atoms with Crippen molar-refractivity contribution >= 4 is 46.1 Å². The van der Waals surface area contributed by atoms with E-state index < -0.39 is 0 Å². The summed E-state index contributed by atoms with van der Waals surface area (Å²) >= 11 is 7.11. The number of aromatic nitrogens is 4. The molecular formula is C15H14ClN5O2S. The molecule has 0 bridgehead atoms. The van der Waals surface area contributed by atoms with Gasteiger partial charge >= 0.3 is 0 Å². The molecule has 3 aromatic rings. The first-order valence-electron chi connectivity index (χ1n) is 7.15. The summed E-state index contributed by atoms with van der Waals surface area (Å²) in [5, 5.41) is 12.4. The van der Waals surface area contributed by atoms with Crippen LogP contribution in [0.3, 0.4) is 0 Å². The summed E-state index contributed by atoms with van der Waals surface area (Å²) in [6.45, 7) is 0.103. The third-order valence-electron chi connectivity index (χ3n) is 3.20. The van der Waals surface area contributed by atoms with Crippen LogP contribution in [0.4, 0.5) is 5.69 Å². The number of imidazole rings is 1. The van der Waals surface area contributed by atoms with E-state index in [-0.39, 0.29) is 23.6 Å². The first-order valence-corrected chi connectivity index (χ1v) is 8.51. The van der Waals surface area contributed by atoms with E-state index in [2.05, 4.69) is 25.3 Å². The van der Waals surface area contributed by atoms with E-state index in [1.54, 1.807) is 0 Å². The Labute approximate surface area is 146 Å². The predicted octanol–water partition coefficient (Wildman–Crippen LogP) is 2.27. The van der Waals surface area contributed by atoms with Crippen molar-refractivity contribution in [1.29, 1.82) is 0 Å². The van der Waals surface area contributed by atoms with E-state index in [1.165, 1.54) is 18.1 Å². The molecule has 3 N–H and O–H groups in total. The highest BCUT2D eigenvalue weighted by molar-refractivity contribution is 8.00. The normalized spacial score (nSPS) is 10.9. The summed E-state index contributed by atoms with van der Waals surface area (Å²) in [6.07, 6.45) is 2.10. The lowest BCUT2D eigenvalue weighted by atomic mass is 10.1. The van der Waals surface area contributed by atoms with E-state index in [0.717, 1.165) is 5.56 Å². The van der Waals surface area contributed by atoms with E-state index in [1.807, 2.05) is 24.3 Å². The SMILES string of the molecule is O=C(CSc1nc(Cl)nc2nc[nH]c12)Nc1ccc(CCO)cc1. The van der Waals surface area contributed by atoms with Crippen molar-refractivity contribution in [2.75, 3.05) is 17.7 Å². The Hall–Kier alpha value is -2.16. The smallest absolute Gasteiger partial charge is 0.234 e. The maximum Gasteiger partial charge on any atom is 0.234 e. The average Bonchev–Trinajstić information content (AvgIpc) is 3.03. The van der Waals surface area contributed by atoms with Gasteiger partial charge in [0.1, 0.15) is 10.5 Å². The second-order valence-corrected chi connectivity index (χ2v) is 6.21. The third-order valence-corrected chi connectivity index (χ3v) is 4.35.